The van der Waals surface area contributed by atoms with E-state index in [-0.39, 0.29) is 0 Å². The van der Waals surface area contributed by atoms with Gasteiger partial charge in [-0.1, -0.05) is 18.2 Å². The zero-order chi connectivity index (χ0) is 8.32. The van der Waals surface area contributed by atoms with Crippen molar-refractivity contribution in [2.24, 2.45) is 0 Å². The summed E-state index contributed by atoms with van der Waals surface area (Å²) in [5, 5.41) is 0. The second-order valence-corrected chi connectivity index (χ2v) is 5.15. The van der Waals surface area contributed by atoms with Crippen LogP contribution in [0.3, 0.4) is 0 Å². The van der Waals surface area contributed by atoms with Crippen LogP contribution in [0.25, 0.3) is 0 Å². The summed E-state index contributed by atoms with van der Waals surface area (Å²) in [5.74, 6) is 0.620. The van der Waals surface area contributed by atoms with Crippen LogP contribution in [-0.4, -0.2) is 3.43 Å². The van der Waals surface area contributed by atoms with Crippen molar-refractivity contribution in [3.63, 3.8) is 0 Å². The third-order valence-corrected chi connectivity index (χ3v) is 1.29. The first-order valence-electron chi connectivity index (χ1n) is 2.89. The van der Waals surface area contributed by atoms with E-state index in [1.54, 1.807) is 12.1 Å². The van der Waals surface area contributed by atoms with Crippen LogP contribution in [0.2, 0.25) is 0 Å². The van der Waals surface area contributed by atoms with E-state index in [0.29, 0.717) is 5.75 Å². The first-order chi connectivity index (χ1) is 5.08. The fraction of sp³-hybridized carbons (Fsp3) is 0.143. The van der Waals surface area contributed by atoms with Gasteiger partial charge in [0.1, 0.15) is 5.75 Å². The molecule has 0 unspecified atom stereocenters. The Morgan fingerprint density at radius 1 is 1.18 bits per heavy atom. The molecule has 0 aliphatic heterocycles. The van der Waals surface area contributed by atoms with Gasteiger partial charge in [-0.3, -0.25) is 0 Å². The van der Waals surface area contributed by atoms with E-state index >= 15 is 0 Å². The molecule has 0 aromatic heterocycles. The predicted octanol–water partition coefficient (Wildman–Crippen LogP) is 3.55. The zero-order valence-electron chi connectivity index (χ0n) is 5.43. The summed E-state index contributed by atoms with van der Waals surface area (Å²) < 4.78 is 3.71. The van der Waals surface area contributed by atoms with E-state index in [1.165, 1.54) is 0 Å². The van der Waals surface area contributed by atoms with Crippen LogP contribution in [0.4, 0.5) is 0 Å². The number of alkyl halides is 3. The van der Waals surface area contributed by atoms with Gasteiger partial charge in [-0.2, -0.15) is 0 Å². The minimum absolute atomic E-state index is 0.620. The van der Waals surface area contributed by atoms with Gasteiger partial charge in [0, 0.05) is 0 Å². The van der Waals surface area contributed by atoms with Crippen molar-refractivity contribution in [2.75, 3.05) is 0 Å². The molecule has 1 aromatic rings. The summed E-state index contributed by atoms with van der Waals surface area (Å²) in [5.41, 5.74) is 0. The van der Waals surface area contributed by atoms with Gasteiger partial charge in [-0.15, -0.1) is 0 Å². The lowest BCUT2D eigenvalue weighted by Gasteiger charge is -2.13. The molecule has 11 heavy (non-hydrogen) atoms. The average molecular weight is 256 g/mol. The number of para-hydroxylation sites is 1. The molecule has 0 saturated heterocycles. The topological polar surface area (TPSA) is 9.23 Å². The van der Waals surface area contributed by atoms with Crippen molar-refractivity contribution in [1.29, 1.82) is 0 Å². The van der Waals surface area contributed by atoms with Crippen LogP contribution >= 0.6 is 39.1 Å². The largest absolute Gasteiger partial charge is 0.449 e. The molecule has 0 saturated carbocycles. The van der Waals surface area contributed by atoms with Crippen molar-refractivity contribution >= 4 is 39.1 Å². The molecule has 0 atom stereocenters. The summed E-state index contributed by atoms with van der Waals surface area (Å²) in [6.07, 6.45) is 0. The first-order valence-corrected chi connectivity index (χ1v) is 4.43. The Morgan fingerprint density at radius 2 is 1.73 bits per heavy atom. The molecule has 1 rings (SSSR count). The molecule has 60 valence electrons. The summed E-state index contributed by atoms with van der Waals surface area (Å²) >= 11 is 14.0. The fourth-order valence-corrected chi connectivity index (χ4v) is 0.987. The number of halogens is 3. The van der Waals surface area contributed by atoms with Gasteiger partial charge in [0.05, 0.1) is 0 Å². The fourth-order valence-electron chi connectivity index (χ4n) is 0.622. The smallest absolute Gasteiger partial charge is 0.315 e. The van der Waals surface area contributed by atoms with Crippen molar-refractivity contribution in [1.82, 2.24) is 0 Å². The van der Waals surface area contributed by atoms with Gasteiger partial charge >= 0.3 is 3.43 Å². The second kappa shape index (κ2) is 3.65. The molecule has 0 spiro atoms. The van der Waals surface area contributed by atoms with Crippen molar-refractivity contribution in [2.45, 2.75) is 3.43 Å². The van der Waals surface area contributed by atoms with Crippen molar-refractivity contribution in [3.05, 3.63) is 30.3 Å². The monoisotopic (exact) mass is 254 g/mol. The number of benzene rings is 1. The Hall–Kier alpha value is 0.0800. The number of hydrogen-bond donors (Lipinski definition) is 0. The van der Waals surface area contributed by atoms with Crippen LogP contribution < -0.4 is 4.74 Å². The van der Waals surface area contributed by atoms with Gasteiger partial charge in [-0.25, -0.2) is 0 Å². The number of rotatable bonds is 2. The maximum absolute atomic E-state index is 5.53. The minimum Gasteiger partial charge on any atom is -0.449 e. The van der Waals surface area contributed by atoms with E-state index in [2.05, 4.69) is 15.9 Å². The van der Waals surface area contributed by atoms with Gasteiger partial charge in [-0.05, 0) is 51.3 Å². The van der Waals surface area contributed by atoms with E-state index in [0.717, 1.165) is 0 Å². The molecular formula is C7H5BrCl2O. The molecular weight excluding hydrogens is 251 g/mol. The van der Waals surface area contributed by atoms with Gasteiger partial charge in [0.2, 0.25) is 0 Å². The second-order valence-electron chi connectivity index (χ2n) is 1.86. The highest BCUT2D eigenvalue weighted by molar-refractivity contribution is 9.10. The molecule has 0 heterocycles. The molecule has 4 heteroatoms. The van der Waals surface area contributed by atoms with Crippen molar-refractivity contribution in [3.8, 4) is 5.75 Å². The molecule has 0 radical (unpaired) electrons. The van der Waals surface area contributed by atoms with Gasteiger partial charge in [0.25, 0.3) is 0 Å². The third-order valence-electron chi connectivity index (χ3n) is 0.977. The minimum atomic E-state index is -1.34. The highest BCUT2D eigenvalue weighted by atomic mass is 79.9. The highest BCUT2D eigenvalue weighted by Gasteiger charge is 2.20. The SMILES string of the molecule is ClC(Cl)(Br)Oc1ccccc1. The summed E-state index contributed by atoms with van der Waals surface area (Å²) in [6.45, 7) is 0. The molecule has 0 aliphatic carbocycles. The normalized spacial score (nSPS) is 11.2. The van der Waals surface area contributed by atoms with Crippen LogP contribution in [0.5, 0.6) is 5.75 Å². The lowest BCUT2D eigenvalue weighted by atomic mass is 10.3. The predicted molar refractivity (Wildman–Crippen MR) is 50.4 cm³/mol. The van der Waals surface area contributed by atoms with E-state index in [9.17, 15) is 0 Å². The molecule has 0 fully saturated rings. The van der Waals surface area contributed by atoms with E-state index in [4.69, 9.17) is 27.9 Å². The molecule has 0 amide bonds. The van der Waals surface area contributed by atoms with E-state index in [1.807, 2.05) is 18.2 Å². The quantitative estimate of drug-likeness (QED) is 0.735. The lowest BCUT2D eigenvalue weighted by molar-refractivity contribution is 0.333. The Balaban J connectivity index is 2.66. The molecule has 1 nitrogen and oxygen atoms in total. The van der Waals surface area contributed by atoms with Crippen LogP contribution in [0.15, 0.2) is 30.3 Å². The standard InChI is InChI=1S/C7H5BrCl2O/c8-7(9,10)11-6-4-2-1-3-5-6/h1-5H. The van der Waals surface area contributed by atoms with Gasteiger partial charge in [0.15, 0.2) is 0 Å². The molecule has 0 N–H and O–H groups in total. The Bertz CT molecular complexity index is 220. The summed E-state index contributed by atoms with van der Waals surface area (Å²) in [4.78, 5) is 0. The molecule has 0 bridgehead atoms. The highest BCUT2D eigenvalue weighted by Crippen LogP contribution is 2.31. The maximum Gasteiger partial charge on any atom is 0.315 e. The Morgan fingerprint density at radius 3 is 2.18 bits per heavy atom. The van der Waals surface area contributed by atoms with Crippen molar-refractivity contribution < 1.29 is 4.74 Å². The Kier molecular flexibility index (Phi) is 3.05. The van der Waals surface area contributed by atoms with Gasteiger partial charge < -0.3 is 4.74 Å². The van der Waals surface area contributed by atoms with Crippen LogP contribution in [-0.2, 0) is 0 Å². The average Bonchev–Trinajstić information content (AvgIpc) is 1.85. The zero-order valence-corrected chi connectivity index (χ0v) is 8.53. The lowest BCUT2D eigenvalue weighted by Crippen LogP contribution is -2.11. The number of ether oxygens (including phenoxy) is 1. The maximum atomic E-state index is 5.53. The van der Waals surface area contributed by atoms with Crippen LogP contribution in [0, 0.1) is 0 Å². The third kappa shape index (κ3) is 3.85. The molecule has 0 aliphatic rings. The van der Waals surface area contributed by atoms with E-state index < -0.39 is 3.43 Å². The number of hydrogen-bond acceptors (Lipinski definition) is 1. The summed E-state index contributed by atoms with van der Waals surface area (Å²) in [6, 6.07) is 9.08. The molecule has 1 aromatic carbocycles. The Labute approximate surface area is 83.4 Å². The summed E-state index contributed by atoms with van der Waals surface area (Å²) in [7, 11) is 0. The van der Waals surface area contributed by atoms with Crippen LogP contribution in [0.1, 0.15) is 0 Å². The first kappa shape index (κ1) is 9.17.